The van der Waals surface area contributed by atoms with Crippen molar-refractivity contribution in [2.24, 2.45) is 17.2 Å². The number of nitrogens with two attached hydrogens (primary N) is 3. The van der Waals surface area contributed by atoms with Crippen molar-refractivity contribution in [3.63, 3.8) is 0 Å². The zero-order valence-corrected chi connectivity index (χ0v) is 14.0. The summed E-state index contributed by atoms with van der Waals surface area (Å²) in [5.74, 6) is 0. The Labute approximate surface area is 132 Å². The predicted octanol–water partition coefficient (Wildman–Crippen LogP) is 0.875. The Morgan fingerprint density at radius 2 is 0.905 bits per heavy atom. The van der Waals surface area contributed by atoms with Crippen LogP contribution < -0.4 is 22.5 Å². The Hall–Kier alpha value is -0.200. The van der Waals surface area contributed by atoms with Crippen LogP contribution in [-0.4, -0.2) is 57.3 Å². The van der Waals surface area contributed by atoms with Crippen LogP contribution in [0.1, 0.15) is 51.4 Å². The van der Waals surface area contributed by atoms with E-state index in [4.69, 9.17) is 17.2 Å². The van der Waals surface area contributed by atoms with Crippen LogP contribution in [0.15, 0.2) is 0 Å². The maximum absolute atomic E-state index is 5.57. The average Bonchev–Trinajstić information content (AvgIpc) is 2.49. The molecule has 5 nitrogen and oxygen atoms in total. The summed E-state index contributed by atoms with van der Waals surface area (Å²) in [7, 11) is 0. The van der Waals surface area contributed by atoms with Crippen LogP contribution in [0.4, 0.5) is 0 Å². The summed E-state index contributed by atoms with van der Waals surface area (Å²) in [6.45, 7) is 8.24. The van der Waals surface area contributed by atoms with Crippen LogP contribution in [0.25, 0.3) is 0 Å². The molecule has 0 spiro atoms. The third kappa shape index (κ3) is 16.0. The van der Waals surface area contributed by atoms with Crippen molar-refractivity contribution in [1.82, 2.24) is 10.2 Å². The molecule has 0 aromatic carbocycles. The average molecular weight is 302 g/mol. The first-order valence-electron chi connectivity index (χ1n) is 8.88. The number of unbranched alkanes of at least 4 members (excludes halogenated alkanes) is 4. The smallest absolute Gasteiger partial charge is 0.00183 e. The number of nitrogens with one attached hydrogen (secondary N) is 1. The predicted molar refractivity (Wildman–Crippen MR) is 93.4 cm³/mol. The Morgan fingerprint density at radius 1 is 0.524 bits per heavy atom. The highest BCUT2D eigenvalue weighted by atomic mass is 15.1. The van der Waals surface area contributed by atoms with E-state index in [0.29, 0.717) is 0 Å². The SMILES string of the molecule is NCCCCNCCCCN(CCCCN)CCCCN. The van der Waals surface area contributed by atoms with E-state index in [-0.39, 0.29) is 0 Å². The van der Waals surface area contributed by atoms with E-state index in [0.717, 1.165) is 52.0 Å². The lowest BCUT2D eigenvalue weighted by Crippen LogP contribution is -2.28. The normalized spacial score (nSPS) is 11.4. The van der Waals surface area contributed by atoms with Gasteiger partial charge in [0.15, 0.2) is 0 Å². The molecule has 0 aliphatic heterocycles. The summed E-state index contributed by atoms with van der Waals surface area (Å²) >= 11 is 0. The van der Waals surface area contributed by atoms with Crippen molar-refractivity contribution >= 4 is 0 Å². The molecule has 0 heterocycles. The molecule has 5 heteroatoms. The number of nitrogens with zero attached hydrogens (tertiary/aromatic N) is 1. The minimum atomic E-state index is 0.808. The molecule has 0 saturated carbocycles. The third-order valence-corrected chi connectivity index (χ3v) is 3.74. The molecule has 0 fully saturated rings. The molecule has 0 aromatic heterocycles. The van der Waals surface area contributed by atoms with Gasteiger partial charge in [-0.3, -0.25) is 0 Å². The molecule has 0 bridgehead atoms. The summed E-state index contributed by atoms with van der Waals surface area (Å²) in [6.07, 6.45) is 9.56. The Balaban J connectivity index is 3.54. The quantitative estimate of drug-likeness (QED) is 0.299. The van der Waals surface area contributed by atoms with Gasteiger partial charge in [-0.15, -0.1) is 0 Å². The Bertz CT molecular complexity index is 180. The number of hydrogen-bond donors (Lipinski definition) is 4. The molecule has 128 valence electrons. The monoisotopic (exact) mass is 301 g/mol. The van der Waals surface area contributed by atoms with Crippen LogP contribution >= 0.6 is 0 Å². The van der Waals surface area contributed by atoms with Crippen molar-refractivity contribution in [3.8, 4) is 0 Å². The molecule has 0 saturated heterocycles. The fraction of sp³-hybridized carbons (Fsp3) is 1.00. The van der Waals surface area contributed by atoms with Gasteiger partial charge < -0.3 is 27.4 Å². The number of hydrogen-bond acceptors (Lipinski definition) is 5. The minimum absolute atomic E-state index is 0.808. The second-order valence-corrected chi connectivity index (χ2v) is 5.79. The van der Waals surface area contributed by atoms with Gasteiger partial charge >= 0.3 is 0 Å². The Kier molecular flexibility index (Phi) is 17.7. The summed E-state index contributed by atoms with van der Waals surface area (Å²) in [5.41, 5.74) is 16.6. The van der Waals surface area contributed by atoms with E-state index in [1.165, 1.54) is 51.7 Å². The van der Waals surface area contributed by atoms with Gasteiger partial charge in [0.2, 0.25) is 0 Å². The molecule has 0 aliphatic rings. The van der Waals surface area contributed by atoms with Gasteiger partial charge in [0.25, 0.3) is 0 Å². The fourth-order valence-electron chi connectivity index (χ4n) is 2.40. The molecular weight excluding hydrogens is 262 g/mol. The van der Waals surface area contributed by atoms with Gasteiger partial charge in [0.1, 0.15) is 0 Å². The van der Waals surface area contributed by atoms with E-state index in [1.54, 1.807) is 0 Å². The van der Waals surface area contributed by atoms with Crippen LogP contribution in [0.2, 0.25) is 0 Å². The molecule has 0 rings (SSSR count). The summed E-state index contributed by atoms with van der Waals surface area (Å²) < 4.78 is 0. The van der Waals surface area contributed by atoms with Crippen LogP contribution in [0, 0.1) is 0 Å². The maximum Gasteiger partial charge on any atom is -0.00183 e. The first-order valence-corrected chi connectivity index (χ1v) is 8.88. The topological polar surface area (TPSA) is 93.3 Å². The summed E-state index contributed by atoms with van der Waals surface area (Å²) in [4.78, 5) is 2.58. The molecule has 0 aromatic rings. The zero-order valence-electron chi connectivity index (χ0n) is 14.0. The van der Waals surface area contributed by atoms with E-state index >= 15 is 0 Å². The highest BCUT2D eigenvalue weighted by Gasteiger charge is 2.04. The lowest BCUT2D eigenvalue weighted by atomic mass is 10.2. The van der Waals surface area contributed by atoms with E-state index < -0.39 is 0 Å². The molecule has 0 atom stereocenters. The third-order valence-electron chi connectivity index (χ3n) is 3.74. The largest absolute Gasteiger partial charge is 0.330 e. The van der Waals surface area contributed by atoms with E-state index in [9.17, 15) is 0 Å². The minimum Gasteiger partial charge on any atom is -0.330 e. The van der Waals surface area contributed by atoms with Gasteiger partial charge in [0, 0.05) is 0 Å². The Morgan fingerprint density at radius 3 is 1.38 bits per heavy atom. The molecule has 0 radical (unpaired) electrons. The zero-order chi connectivity index (χ0) is 15.6. The molecule has 0 aliphatic carbocycles. The van der Waals surface area contributed by atoms with E-state index in [2.05, 4.69) is 10.2 Å². The molecule has 0 amide bonds. The molecule has 21 heavy (non-hydrogen) atoms. The lowest BCUT2D eigenvalue weighted by molar-refractivity contribution is 0.258. The van der Waals surface area contributed by atoms with Gasteiger partial charge in [0.05, 0.1) is 0 Å². The molecular formula is C16H39N5. The second-order valence-electron chi connectivity index (χ2n) is 5.79. The highest BCUT2D eigenvalue weighted by molar-refractivity contribution is 4.60. The van der Waals surface area contributed by atoms with Gasteiger partial charge in [-0.05, 0) is 104 Å². The van der Waals surface area contributed by atoms with Gasteiger partial charge in [-0.25, -0.2) is 0 Å². The van der Waals surface area contributed by atoms with Crippen LogP contribution in [0.5, 0.6) is 0 Å². The highest BCUT2D eigenvalue weighted by Crippen LogP contribution is 2.01. The van der Waals surface area contributed by atoms with Crippen molar-refractivity contribution < 1.29 is 0 Å². The van der Waals surface area contributed by atoms with Crippen molar-refractivity contribution in [3.05, 3.63) is 0 Å². The number of rotatable bonds is 17. The lowest BCUT2D eigenvalue weighted by Gasteiger charge is -2.22. The summed E-state index contributed by atoms with van der Waals surface area (Å²) in [6, 6.07) is 0. The maximum atomic E-state index is 5.57. The second kappa shape index (κ2) is 17.9. The molecule has 7 N–H and O–H groups in total. The standard InChI is InChI=1S/C16H39N5/c17-9-1-4-12-20-13-5-8-16-21(14-6-2-10-18)15-7-3-11-19/h20H,1-19H2. The van der Waals surface area contributed by atoms with Gasteiger partial charge in [-0.1, -0.05) is 0 Å². The summed E-state index contributed by atoms with van der Waals surface area (Å²) in [5, 5.41) is 3.49. The fourth-order valence-corrected chi connectivity index (χ4v) is 2.40. The molecule has 0 unspecified atom stereocenters. The first-order chi connectivity index (χ1) is 10.3. The van der Waals surface area contributed by atoms with Gasteiger partial charge in [-0.2, -0.15) is 0 Å². The van der Waals surface area contributed by atoms with Crippen molar-refractivity contribution in [2.75, 3.05) is 52.4 Å². The van der Waals surface area contributed by atoms with Crippen LogP contribution in [-0.2, 0) is 0 Å². The van der Waals surface area contributed by atoms with Crippen LogP contribution in [0.3, 0.4) is 0 Å². The van der Waals surface area contributed by atoms with E-state index in [1.807, 2.05) is 0 Å². The van der Waals surface area contributed by atoms with Crippen molar-refractivity contribution in [1.29, 1.82) is 0 Å². The first kappa shape index (κ1) is 20.8. The van der Waals surface area contributed by atoms with Crippen molar-refractivity contribution in [2.45, 2.75) is 51.4 Å².